The Balaban J connectivity index is 2.98. The molecule has 17 heavy (non-hydrogen) atoms. The molecule has 1 atom stereocenters. The van der Waals surface area contributed by atoms with Gasteiger partial charge in [0.2, 0.25) is 0 Å². The maximum Gasteiger partial charge on any atom is 0.252 e. The first-order valence-electron chi connectivity index (χ1n) is 6.02. The van der Waals surface area contributed by atoms with Crippen LogP contribution in [0.4, 0.5) is 0 Å². The van der Waals surface area contributed by atoms with E-state index in [2.05, 4.69) is 5.32 Å². The fraction of sp³-hybridized carbons (Fsp3) is 0.500. The molecule has 0 aliphatic carbocycles. The maximum absolute atomic E-state index is 12.3. The molecular weight excluding hydrogens is 212 g/mol. The van der Waals surface area contributed by atoms with Crippen LogP contribution >= 0.6 is 0 Å². The van der Waals surface area contributed by atoms with Crippen LogP contribution in [0.1, 0.15) is 41.8 Å². The lowest BCUT2D eigenvalue weighted by molar-refractivity contribution is 0.0905. The molecule has 1 amide bonds. The number of amides is 1. The number of carbonyl (C=O) groups is 1. The van der Waals surface area contributed by atoms with Gasteiger partial charge in [0.05, 0.1) is 0 Å². The lowest BCUT2D eigenvalue weighted by atomic mass is 9.96. The highest BCUT2D eigenvalue weighted by molar-refractivity contribution is 5.97. The molecular formula is C14H22N2O. The average Bonchev–Trinajstić information content (AvgIpc) is 2.28. The largest absolute Gasteiger partial charge is 0.346 e. The van der Waals surface area contributed by atoms with Crippen LogP contribution in [-0.4, -0.2) is 18.0 Å². The molecule has 0 fully saturated rings. The van der Waals surface area contributed by atoms with Gasteiger partial charge in [-0.05, 0) is 38.3 Å². The molecule has 3 nitrogen and oxygen atoms in total. The minimum absolute atomic E-state index is 0.0320. The van der Waals surface area contributed by atoms with E-state index in [0.29, 0.717) is 6.54 Å². The molecule has 0 aliphatic rings. The summed E-state index contributed by atoms with van der Waals surface area (Å²) in [7, 11) is 0. The molecule has 94 valence electrons. The normalized spacial score (nSPS) is 14.2. The number of hydrogen-bond donors (Lipinski definition) is 2. The van der Waals surface area contributed by atoms with Crippen LogP contribution in [0, 0.1) is 13.8 Å². The van der Waals surface area contributed by atoms with E-state index in [1.54, 1.807) is 0 Å². The predicted molar refractivity (Wildman–Crippen MR) is 71.1 cm³/mol. The summed E-state index contributed by atoms with van der Waals surface area (Å²) in [4.78, 5) is 12.3. The number of hydrogen-bond acceptors (Lipinski definition) is 2. The topological polar surface area (TPSA) is 55.1 Å². The Labute approximate surface area is 103 Å². The Kier molecular flexibility index (Phi) is 4.29. The molecule has 0 bridgehead atoms. The molecule has 0 radical (unpaired) electrons. The van der Waals surface area contributed by atoms with Gasteiger partial charge in [0.15, 0.2) is 0 Å². The minimum atomic E-state index is -0.328. The summed E-state index contributed by atoms with van der Waals surface area (Å²) in [5, 5.41) is 3.03. The standard InChI is InChI=1S/C14H22N2O/c1-5-14(4,9-15)16-13(17)12-10(2)7-6-8-11(12)3/h6-8H,5,9,15H2,1-4H3,(H,16,17). The van der Waals surface area contributed by atoms with Crippen molar-refractivity contribution in [3.8, 4) is 0 Å². The fourth-order valence-corrected chi connectivity index (χ4v) is 1.79. The summed E-state index contributed by atoms with van der Waals surface area (Å²) >= 11 is 0. The number of rotatable bonds is 4. The number of nitrogens with one attached hydrogen (secondary N) is 1. The Hall–Kier alpha value is -1.35. The zero-order valence-corrected chi connectivity index (χ0v) is 11.1. The van der Waals surface area contributed by atoms with Gasteiger partial charge in [-0.1, -0.05) is 25.1 Å². The van der Waals surface area contributed by atoms with Crippen molar-refractivity contribution in [3.63, 3.8) is 0 Å². The summed E-state index contributed by atoms with van der Waals surface area (Å²) in [6, 6.07) is 5.87. The van der Waals surface area contributed by atoms with Crippen molar-refractivity contribution in [3.05, 3.63) is 34.9 Å². The zero-order chi connectivity index (χ0) is 13.1. The SMILES string of the molecule is CCC(C)(CN)NC(=O)c1c(C)cccc1C. The van der Waals surface area contributed by atoms with Gasteiger partial charge in [0.1, 0.15) is 0 Å². The van der Waals surface area contributed by atoms with Crippen LogP contribution in [0.25, 0.3) is 0 Å². The molecule has 0 heterocycles. The van der Waals surface area contributed by atoms with Crippen molar-refractivity contribution in [1.82, 2.24) is 5.32 Å². The second-order valence-corrected chi connectivity index (χ2v) is 4.84. The van der Waals surface area contributed by atoms with Crippen molar-refractivity contribution < 1.29 is 4.79 Å². The monoisotopic (exact) mass is 234 g/mol. The van der Waals surface area contributed by atoms with Gasteiger partial charge < -0.3 is 11.1 Å². The number of benzene rings is 1. The Morgan fingerprint density at radius 2 is 1.88 bits per heavy atom. The van der Waals surface area contributed by atoms with Gasteiger partial charge in [0, 0.05) is 17.6 Å². The third-order valence-electron chi connectivity index (χ3n) is 3.35. The molecule has 0 spiro atoms. The highest BCUT2D eigenvalue weighted by atomic mass is 16.1. The van der Waals surface area contributed by atoms with Crippen LogP contribution in [0.15, 0.2) is 18.2 Å². The fourth-order valence-electron chi connectivity index (χ4n) is 1.79. The van der Waals surface area contributed by atoms with Gasteiger partial charge in [-0.2, -0.15) is 0 Å². The molecule has 3 N–H and O–H groups in total. The highest BCUT2D eigenvalue weighted by Crippen LogP contribution is 2.15. The third-order valence-corrected chi connectivity index (χ3v) is 3.35. The lowest BCUT2D eigenvalue weighted by Crippen LogP contribution is -2.51. The van der Waals surface area contributed by atoms with E-state index in [1.165, 1.54) is 0 Å². The average molecular weight is 234 g/mol. The third kappa shape index (κ3) is 3.07. The van der Waals surface area contributed by atoms with Gasteiger partial charge in [-0.25, -0.2) is 0 Å². The first kappa shape index (κ1) is 13.7. The van der Waals surface area contributed by atoms with E-state index in [9.17, 15) is 4.79 Å². The summed E-state index contributed by atoms with van der Waals surface area (Å²) in [6.07, 6.45) is 0.820. The summed E-state index contributed by atoms with van der Waals surface area (Å²) < 4.78 is 0. The van der Waals surface area contributed by atoms with Crippen molar-refractivity contribution >= 4 is 5.91 Å². The van der Waals surface area contributed by atoms with Gasteiger partial charge in [-0.3, -0.25) is 4.79 Å². The van der Waals surface area contributed by atoms with Crippen LogP contribution in [0.5, 0.6) is 0 Å². The summed E-state index contributed by atoms with van der Waals surface area (Å²) in [5.41, 5.74) is 8.14. The van der Waals surface area contributed by atoms with Crippen molar-refractivity contribution in [1.29, 1.82) is 0 Å². The number of aryl methyl sites for hydroxylation is 2. The molecule has 3 heteroatoms. The zero-order valence-electron chi connectivity index (χ0n) is 11.1. The number of nitrogens with two attached hydrogens (primary N) is 1. The molecule has 0 aromatic heterocycles. The van der Waals surface area contributed by atoms with Crippen molar-refractivity contribution in [2.75, 3.05) is 6.54 Å². The second kappa shape index (κ2) is 5.32. The summed E-state index contributed by atoms with van der Waals surface area (Å²) in [5.74, 6) is -0.0320. The first-order valence-corrected chi connectivity index (χ1v) is 6.02. The maximum atomic E-state index is 12.3. The predicted octanol–water partition coefficient (Wildman–Crippen LogP) is 2.16. The van der Waals surface area contributed by atoms with E-state index in [1.807, 2.05) is 45.9 Å². The molecule has 0 saturated heterocycles. The van der Waals surface area contributed by atoms with E-state index in [-0.39, 0.29) is 11.4 Å². The molecule has 0 aliphatic heterocycles. The van der Waals surface area contributed by atoms with Crippen LogP contribution in [0.2, 0.25) is 0 Å². The van der Waals surface area contributed by atoms with Crippen LogP contribution in [-0.2, 0) is 0 Å². The Morgan fingerprint density at radius 3 is 2.29 bits per heavy atom. The quantitative estimate of drug-likeness (QED) is 0.838. The van der Waals surface area contributed by atoms with E-state index >= 15 is 0 Å². The van der Waals surface area contributed by atoms with Crippen molar-refractivity contribution in [2.45, 2.75) is 39.7 Å². The second-order valence-electron chi connectivity index (χ2n) is 4.84. The summed E-state index contributed by atoms with van der Waals surface area (Å²) in [6.45, 7) is 8.35. The number of carbonyl (C=O) groups excluding carboxylic acids is 1. The molecule has 1 rings (SSSR count). The minimum Gasteiger partial charge on any atom is -0.346 e. The van der Waals surface area contributed by atoms with Gasteiger partial charge >= 0.3 is 0 Å². The van der Waals surface area contributed by atoms with Gasteiger partial charge in [0.25, 0.3) is 5.91 Å². The highest BCUT2D eigenvalue weighted by Gasteiger charge is 2.24. The lowest BCUT2D eigenvalue weighted by Gasteiger charge is -2.28. The van der Waals surface area contributed by atoms with E-state index in [4.69, 9.17) is 5.73 Å². The molecule has 1 aromatic rings. The Bertz CT molecular complexity index is 388. The van der Waals surface area contributed by atoms with E-state index < -0.39 is 0 Å². The van der Waals surface area contributed by atoms with E-state index in [0.717, 1.165) is 23.1 Å². The van der Waals surface area contributed by atoms with Crippen molar-refractivity contribution in [2.24, 2.45) is 5.73 Å². The molecule has 1 unspecified atom stereocenters. The Morgan fingerprint density at radius 1 is 1.35 bits per heavy atom. The molecule has 1 aromatic carbocycles. The van der Waals surface area contributed by atoms with Gasteiger partial charge in [-0.15, -0.1) is 0 Å². The van der Waals surface area contributed by atoms with Crippen LogP contribution < -0.4 is 11.1 Å². The van der Waals surface area contributed by atoms with Crippen LogP contribution in [0.3, 0.4) is 0 Å². The smallest absolute Gasteiger partial charge is 0.252 e. The first-order chi connectivity index (χ1) is 7.93. The molecule has 0 saturated carbocycles.